The van der Waals surface area contributed by atoms with Crippen molar-refractivity contribution >= 4 is 31.5 Å². The Morgan fingerprint density at radius 3 is 2.46 bits per heavy atom. The van der Waals surface area contributed by atoms with Crippen LogP contribution in [-0.4, -0.2) is 52.6 Å². The molecule has 0 radical (unpaired) electrons. The summed E-state index contributed by atoms with van der Waals surface area (Å²) in [6, 6.07) is 7.56. The molecule has 7 nitrogen and oxygen atoms in total. The maximum Gasteiger partial charge on any atom is 0.243 e. The highest BCUT2D eigenvalue weighted by molar-refractivity contribution is 7.90. The molecule has 2 aromatic rings. The minimum absolute atomic E-state index is 0.0497. The number of ether oxygens (including phenoxy) is 1. The molecule has 28 heavy (non-hydrogen) atoms. The predicted octanol–water partition coefficient (Wildman–Crippen LogP) is 2.72. The van der Waals surface area contributed by atoms with Gasteiger partial charge in [-0.3, -0.25) is 4.98 Å². The smallest absolute Gasteiger partial charge is 0.243 e. The molecule has 152 valence electrons. The number of piperidine rings is 1. The summed E-state index contributed by atoms with van der Waals surface area (Å²) in [7, 11) is -5.75. The van der Waals surface area contributed by atoms with Crippen LogP contribution in [0.3, 0.4) is 0 Å². The lowest BCUT2D eigenvalue weighted by atomic mass is 9.95. The molecule has 1 saturated heterocycles. The van der Waals surface area contributed by atoms with Gasteiger partial charge in [-0.25, -0.2) is 16.8 Å². The highest BCUT2D eigenvalue weighted by Gasteiger charge is 2.33. The molecular formula is C18H21ClN2O5S2. The van der Waals surface area contributed by atoms with Crippen molar-refractivity contribution in [1.82, 2.24) is 9.29 Å². The number of sulfone groups is 1. The number of hydrogen-bond donors (Lipinski definition) is 0. The zero-order chi connectivity index (χ0) is 20.5. The molecule has 0 saturated carbocycles. The topological polar surface area (TPSA) is 93.6 Å². The van der Waals surface area contributed by atoms with Crippen LogP contribution in [0.2, 0.25) is 5.02 Å². The summed E-state index contributed by atoms with van der Waals surface area (Å²) in [5.74, 6) is 0.238. The van der Waals surface area contributed by atoms with Gasteiger partial charge in [0.2, 0.25) is 10.0 Å². The van der Waals surface area contributed by atoms with Gasteiger partial charge in [-0.2, -0.15) is 4.31 Å². The summed E-state index contributed by atoms with van der Waals surface area (Å²) in [5, 5.41) is 0.225. The average molecular weight is 445 g/mol. The number of halogens is 1. The quantitative estimate of drug-likeness (QED) is 0.703. The van der Waals surface area contributed by atoms with Crippen LogP contribution in [0.15, 0.2) is 46.3 Å². The van der Waals surface area contributed by atoms with Crippen molar-refractivity contribution in [2.75, 3.05) is 26.5 Å². The molecule has 1 aliphatic heterocycles. The molecule has 0 amide bonds. The lowest BCUT2D eigenvalue weighted by Gasteiger charge is -2.32. The van der Waals surface area contributed by atoms with E-state index in [0.717, 1.165) is 6.26 Å². The summed E-state index contributed by atoms with van der Waals surface area (Å²) in [5.41, 5.74) is 0.363. The first-order valence-corrected chi connectivity index (χ1v) is 12.3. The zero-order valence-electron chi connectivity index (χ0n) is 15.5. The standard InChI is InChI=1S/C18H21ClN2O5S2/c1-26-15-5-7-16(8-6-15)28(24,25)21-9-3-4-13(12-21)18-17(27(2,22)23)10-14(19)11-20-18/h5-8,10-11,13H,3-4,9,12H2,1-2H3/t13-/m1/s1. The molecule has 1 atom stereocenters. The molecular weight excluding hydrogens is 424 g/mol. The number of benzene rings is 1. The second kappa shape index (κ2) is 7.98. The number of nitrogens with zero attached hydrogens (tertiary/aromatic N) is 2. The number of hydrogen-bond acceptors (Lipinski definition) is 6. The highest BCUT2D eigenvalue weighted by Crippen LogP contribution is 2.33. The van der Waals surface area contributed by atoms with Crippen molar-refractivity contribution < 1.29 is 21.6 Å². The van der Waals surface area contributed by atoms with Gasteiger partial charge in [0, 0.05) is 31.5 Å². The summed E-state index contributed by atoms with van der Waals surface area (Å²) >= 11 is 5.92. The van der Waals surface area contributed by atoms with E-state index in [9.17, 15) is 16.8 Å². The molecule has 0 aliphatic carbocycles. The third-order valence-electron chi connectivity index (χ3n) is 4.72. The van der Waals surface area contributed by atoms with Gasteiger partial charge in [0.05, 0.1) is 27.6 Å². The minimum atomic E-state index is -3.71. The molecule has 2 heterocycles. The summed E-state index contributed by atoms with van der Waals surface area (Å²) < 4.78 is 56.8. The van der Waals surface area contributed by atoms with Gasteiger partial charge in [0.15, 0.2) is 9.84 Å². The zero-order valence-corrected chi connectivity index (χ0v) is 17.9. The third kappa shape index (κ3) is 4.32. The molecule has 0 N–H and O–H groups in total. The fourth-order valence-corrected chi connectivity index (χ4v) is 6.00. The van der Waals surface area contributed by atoms with Crippen molar-refractivity contribution in [2.45, 2.75) is 28.6 Å². The van der Waals surface area contributed by atoms with Gasteiger partial charge < -0.3 is 4.74 Å². The van der Waals surface area contributed by atoms with E-state index in [1.54, 1.807) is 12.1 Å². The van der Waals surface area contributed by atoms with E-state index in [4.69, 9.17) is 16.3 Å². The molecule has 0 bridgehead atoms. The summed E-state index contributed by atoms with van der Waals surface area (Å²) in [6.07, 6.45) is 3.74. The van der Waals surface area contributed by atoms with Gasteiger partial charge in [-0.15, -0.1) is 0 Å². The van der Waals surface area contributed by atoms with Crippen LogP contribution >= 0.6 is 11.6 Å². The van der Waals surface area contributed by atoms with Crippen molar-refractivity contribution in [2.24, 2.45) is 0 Å². The number of rotatable bonds is 5. The number of sulfonamides is 1. The Hall–Kier alpha value is -1.68. The Balaban J connectivity index is 1.92. The van der Waals surface area contributed by atoms with Crippen molar-refractivity contribution in [1.29, 1.82) is 0 Å². The number of aromatic nitrogens is 1. The van der Waals surface area contributed by atoms with Gasteiger partial charge in [-0.05, 0) is 43.2 Å². The molecule has 0 unspecified atom stereocenters. The van der Waals surface area contributed by atoms with E-state index in [-0.39, 0.29) is 27.3 Å². The fourth-order valence-electron chi connectivity index (χ4n) is 3.32. The van der Waals surface area contributed by atoms with Crippen molar-refractivity contribution in [3.05, 3.63) is 47.2 Å². The van der Waals surface area contributed by atoms with Crippen molar-refractivity contribution in [3.8, 4) is 5.75 Å². The molecule has 1 aromatic carbocycles. The van der Waals surface area contributed by atoms with Crippen LogP contribution in [0.5, 0.6) is 5.75 Å². The first-order valence-electron chi connectivity index (χ1n) is 8.62. The summed E-state index contributed by atoms with van der Waals surface area (Å²) in [4.78, 5) is 4.45. The lowest BCUT2D eigenvalue weighted by Crippen LogP contribution is -2.39. The fraction of sp³-hybridized carbons (Fsp3) is 0.389. The van der Waals surface area contributed by atoms with Crippen LogP contribution in [0.4, 0.5) is 0 Å². The van der Waals surface area contributed by atoms with Crippen LogP contribution in [0.25, 0.3) is 0 Å². The molecule has 3 rings (SSSR count). The van der Waals surface area contributed by atoms with Crippen LogP contribution < -0.4 is 4.74 Å². The average Bonchev–Trinajstić information content (AvgIpc) is 2.67. The number of methoxy groups -OCH3 is 1. The van der Waals surface area contributed by atoms with E-state index in [0.29, 0.717) is 30.8 Å². The lowest BCUT2D eigenvalue weighted by molar-refractivity contribution is 0.310. The molecule has 1 aromatic heterocycles. The highest BCUT2D eigenvalue weighted by atomic mass is 35.5. The molecule has 1 fully saturated rings. The van der Waals surface area contributed by atoms with Gasteiger partial charge >= 0.3 is 0 Å². The van der Waals surface area contributed by atoms with Gasteiger partial charge in [0.1, 0.15) is 5.75 Å². The number of pyridine rings is 1. The van der Waals surface area contributed by atoms with Crippen molar-refractivity contribution in [3.63, 3.8) is 0 Å². The first kappa shape index (κ1) is 21.0. The Morgan fingerprint density at radius 2 is 1.86 bits per heavy atom. The van der Waals surface area contributed by atoms with E-state index in [1.165, 1.54) is 35.8 Å². The SMILES string of the molecule is COc1ccc(S(=O)(=O)N2CCC[C@@H](c3ncc(Cl)cc3S(C)(=O)=O)C2)cc1. The maximum absolute atomic E-state index is 13.0. The van der Waals surface area contributed by atoms with E-state index < -0.39 is 19.9 Å². The van der Waals surface area contributed by atoms with E-state index >= 15 is 0 Å². The molecule has 0 spiro atoms. The maximum atomic E-state index is 13.0. The van der Waals surface area contributed by atoms with Crippen LogP contribution in [0, 0.1) is 0 Å². The van der Waals surface area contributed by atoms with E-state index in [2.05, 4.69) is 4.98 Å². The predicted molar refractivity (Wildman–Crippen MR) is 106 cm³/mol. The Morgan fingerprint density at radius 1 is 1.18 bits per heavy atom. The van der Waals surface area contributed by atoms with E-state index in [1.807, 2.05) is 0 Å². The largest absolute Gasteiger partial charge is 0.497 e. The second-order valence-electron chi connectivity index (χ2n) is 6.69. The van der Waals surface area contributed by atoms with Gasteiger partial charge in [0.25, 0.3) is 0 Å². The third-order valence-corrected chi connectivity index (χ3v) is 7.93. The molecule has 1 aliphatic rings. The first-order chi connectivity index (χ1) is 13.1. The Bertz CT molecular complexity index is 1070. The molecule has 10 heteroatoms. The summed E-state index contributed by atoms with van der Waals surface area (Å²) in [6.45, 7) is 0.526. The Kier molecular flexibility index (Phi) is 6.00. The van der Waals surface area contributed by atoms with Gasteiger partial charge in [-0.1, -0.05) is 11.6 Å². The normalized spacial score (nSPS) is 18.8. The Labute approximate surface area is 170 Å². The minimum Gasteiger partial charge on any atom is -0.497 e. The second-order valence-corrected chi connectivity index (χ2v) is 11.0. The van der Waals surface area contributed by atoms with Crippen LogP contribution in [-0.2, 0) is 19.9 Å². The monoisotopic (exact) mass is 444 g/mol. The van der Waals surface area contributed by atoms with Crippen LogP contribution in [0.1, 0.15) is 24.5 Å².